The Hall–Kier alpha value is -1.07. The SMILES string of the molecule is COC(=O)C(C)(Nc1cccc(Br)c1)C(C)OC. The highest BCUT2D eigenvalue weighted by Crippen LogP contribution is 2.24. The number of nitrogens with one attached hydrogen (secondary N) is 1. The molecule has 0 saturated heterocycles. The summed E-state index contributed by atoms with van der Waals surface area (Å²) in [4.78, 5) is 11.9. The minimum absolute atomic E-state index is 0.330. The van der Waals surface area contributed by atoms with Crippen LogP contribution in [-0.4, -0.2) is 31.8 Å². The van der Waals surface area contributed by atoms with Gasteiger partial charge in [-0.2, -0.15) is 0 Å². The van der Waals surface area contributed by atoms with E-state index >= 15 is 0 Å². The maximum Gasteiger partial charge on any atom is 0.333 e. The number of carbonyl (C=O) groups is 1. The summed E-state index contributed by atoms with van der Waals surface area (Å²) < 4.78 is 11.0. The van der Waals surface area contributed by atoms with Gasteiger partial charge in [-0.05, 0) is 32.0 Å². The molecule has 0 bridgehead atoms. The summed E-state index contributed by atoms with van der Waals surface area (Å²) in [6.45, 7) is 3.58. The van der Waals surface area contributed by atoms with E-state index in [4.69, 9.17) is 9.47 Å². The first-order valence-corrected chi connectivity index (χ1v) is 6.38. The van der Waals surface area contributed by atoms with Crippen LogP contribution in [0.3, 0.4) is 0 Å². The molecule has 2 atom stereocenters. The average molecular weight is 316 g/mol. The van der Waals surface area contributed by atoms with Gasteiger partial charge in [0.05, 0.1) is 13.2 Å². The lowest BCUT2D eigenvalue weighted by molar-refractivity contribution is -0.149. The smallest absolute Gasteiger partial charge is 0.333 e. The van der Waals surface area contributed by atoms with Crippen molar-refractivity contribution in [2.24, 2.45) is 0 Å². The molecule has 4 nitrogen and oxygen atoms in total. The van der Waals surface area contributed by atoms with Crippen molar-refractivity contribution in [1.82, 2.24) is 0 Å². The fraction of sp³-hybridized carbons (Fsp3) is 0.462. The van der Waals surface area contributed by atoms with Crippen LogP contribution in [0.15, 0.2) is 28.7 Å². The molecule has 1 aromatic carbocycles. The maximum absolute atomic E-state index is 11.9. The van der Waals surface area contributed by atoms with Gasteiger partial charge in [0.1, 0.15) is 0 Å². The summed E-state index contributed by atoms with van der Waals surface area (Å²) in [5.41, 5.74) is -0.120. The highest BCUT2D eigenvalue weighted by molar-refractivity contribution is 9.10. The molecule has 0 amide bonds. The second-order valence-electron chi connectivity index (χ2n) is 4.21. The van der Waals surface area contributed by atoms with E-state index in [-0.39, 0.29) is 12.1 Å². The Balaban J connectivity index is 3.02. The number of anilines is 1. The standard InChI is InChI=1S/C13H18BrNO3/c1-9(17-3)13(2,12(16)18-4)15-11-7-5-6-10(14)8-11/h5-9,15H,1-4H3. The Morgan fingerprint density at radius 3 is 2.61 bits per heavy atom. The molecule has 18 heavy (non-hydrogen) atoms. The minimum atomic E-state index is -0.940. The van der Waals surface area contributed by atoms with E-state index in [1.807, 2.05) is 31.2 Å². The van der Waals surface area contributed by atoms with Crippen molar-refractivity contribution in [3.05, 3.63) is 28.7 Å². The highest BCUT2D eigenvalue weighted by atomic mass is 79.9. The third kappa shape index (κ3) is 3.23. The van der Waals surface area contributed by atoms with E-state index in [1.165, 1.54) is 7.11 Å². The number of esters is 1. The van der Waals surface area contributed by atoms with Gasteiger partial charge < -0.3 is 14.8 Å². The van der Waals surface area contributed by atoms with E-state index in [0.29, 0.717) is 0 Å². The predicted octanol–water partition coefficient (Wildman–Crippen LogP) is 2.83. The van der Waals surface area contributed by atoms with E-state index < -0.39 is 5.54 Å². The van der Waals surface area contributed by atoms with Crippen molar-refractivity contribution in [3.63, 3.8) is 0 Å². The van der Waals surface area contributed by atoms with E-state index in [2.05, 4.69) is 21.2 Å². The maximum atomic E-state index is 11.9. The van der Waals surface area contributed by atoms with Gasteiger partial charge in [-0.1, -0.05) is 22.0 Å². The van der Waals surface area contributed by atoms with Gasteiger partial charge in [0.2, 0.25) is 0 Å². The van der Waals surface area contributed by atoms with Crippen LogP contribution < -0.4 is 5.32 Å². The summed E-state index contributed by atoms with van der Waals surface area (Å²) in [5, 5.41) is 3.17. The lowest BCUT2D eigenvalue weighted by atomic mass is 9.95. The largest absolute Gasteiger partial charge is 0.467 e. The first-order chi connectivity index (χ1) is 8.43. The van der Waals surface area contributed by atoms with Gasteiger partial charge in [0.15, 0.2) is 5.54 Å². The van der Waals surface area contributed by atoms with Gasteiger partial charge in [-0.3, -0.25) is 0 Å². The van der Waals surface area contributed by atoms with Gasteiger partial charge in [-0.15, -0.1) is 0 Å². The Morgan fingerprint density at radius 1 is 1.44 bits per heavy atom. The summed E-state index contributed by atoms with van der Waals surface area (Å²) in [6, 6.07) is 7.58. The molecular weight excluding hydrogens is 298 g/mol. The van der Waals surface area contributed by atoms with Crippen molar-refractivity contribution < 1.29 is 14.3 Å². The van der Waals surface area contributed by atoms with Gasteiger partial charge >= 0.3 is 5.97 Å². The number of halogens is 1. The number of rotatable bonds is 5. The van der Waals surface area contributed by atoms with Crippen molar-refractivity contribution in [3.8, 4) is 0 Å². The van der Waals surface area contributed by atoms with Crippen LogP contribution in [-0.2, 0) is 14.3 Å². The summed E-state index contributed by atoms with van der Waals surface area (Å²) in [5.74, 6) is -0.364. The van der Waals surface area contributed by atoms with Crippen molar-refractivity contribution in [1.29, 1.82) is 0 Å². The molecule has 1 rings (SSSR count). The zero-order valence-corrected chi connectivity index (χ0v) is 12.6. The first kappa shape index (κ1) is 15.0. The third-order valence-electron chi connectivity index (χ3n) is 3.00. The second kappa shape index (κ2) is 6.20. The number of ether oxygens (including phenoxy) is 2. The summed E-state index contributed by atoms with van der Waals surface area (Å²) >= 11 is 3.39. The molecule has 0 aliphatic carbocycles. The normalized spacial score (nSPS) is 15.6. The lowest BCUT2D eigenvalue weighted by Crippen LogP contribution is -2.53. The van der Waals surface area contributed by atoms with Crippen LogP contribution in [0.25, 0.3) is 0 Å². The van der Waals surface area contributed by atoms with Crippen LogP contribution >= 0.6 is 15.9 Å². The molecule has 1 aromatic rings. The highest BCUT2D eigenvalue weighted by Gasteiger charge is 2.40. The zero-order valence-electron chi connectivity index (χ0n) is 11.0. The Morgan fingerprint density at radius 2 is 2.11 bits per heavy atom. The van der Waals surface area contributed by atoms with Crippen molar-refractivity contribution in [2.45, 2.75) is 25.5 Å². The monoisotopic (exact) mass is 315 g/mol. The molecule has 0 fully saturated rings. The molecule has 0 aliphatic rings. The number of methoxy groups -OCH3 is 2. The van der Waals surface area contributed by atoms with Crippen LogP contribution in [0.5, 0.6) is 0 Å². The molecule has 0 aliphatic heterocycles. The number of benzene rings is 1. The Labute approximate surface area is 116 Å². The molecule has 1 N–H and O–H groups in total. The first-order valence-electron chi connectivity index (χ1n) is 5.59. The summed E-state index contributed by atoms with van der Waals surface area (Å²) in [6.07, 6.45) is -0.330. The number of carbonyl (C=O) groups excluding carboxylic acids is 1. The predicted molar refractivity (Wildman–Crippen MR) is 74.7 cm³/mol. The van der Waals surface area contributed by atoms with Crippen LogP contribution in [0.1, 0.15) is 13.8 Å². The van der Waals surface area contributed by atoms with Crippen molar-refractivity contribution >= 4 is 27.6 Å². The number of hydrogen-bond acceptors (Lipinski definition) is 4. The molecular formula is C13H18BrNO3. The topological polar surface area (TPSA) is 47.6 Å². The molecule has 0 saturated carbocycles. The molecule has 5 heteroatoms. The molecule has 2 unspecified atom stereocenters. The second-order valence-corrected chi connectivity index (χ2v) is 5.12. The Kier molecular flexibility index (Phi) is 5.16. The fourth-order valence-electron chi connectivity index (χ4n) is 1.63. The minimum Gasteiger partial charge on any atom is -0.467 e. The van der Waals surface area contributed by atoms with E-state index in [1.54, 1.807) is 14.0 Å². The fourth-order valence-corrected chi connectivity index (χ4v) is 2.03. The van der Waals surface area contributed by atoms with Gasteiger partial charge in [-0.25, -0.2) is 4.79 Å². The number of hydrogen-bond donors (Lipinski definition) is 1. The quantitative estimate of drug-likeness (QED) is 0.849. The molecule has 100 valence electrons. The van der Waals surface area contributed by atoms with Crippen molar-refractivity contribution in [2.75, 3.05) is 19.5 Å². The zero-order chi connectivity index (χ0) is 13.8. The van der Waals surface area contributed by atoms with E-state index in [0.717, 1.165) is 10.2 Å². The van der Waals surface area contributed by atoms with Gasteiger partial charge in [0.25, 0.3) is 0 Å². The average Bonchev–Trinajstić information content (AvgIpc) is 2.36. The molecule has 0 heterocycles. The van der Waals surface area contributed by atoms with Gasteiger partial charge in [0, 0.05) is 17.3 Å². The van der Waals surface area contributed by atoms with Crippen LogP contribution in [0, 0.1) is 0 Å². The Bertz CT molecular complexity index is 424. The molecule has 0 radical (unpaired) electrons. The van der Waals surface area contributed by atoms with Crippen LogP contribution in [0.4, 0.5) is 5.69 Å². The summed E-state index contributed by atoms with van der Waals surface area (Å²) in [7, 11) is 2.93. The van der Waals surface area contributed by atoms with E-state index in [9.17, 15) is 4.79 Å². The lowest BCUT2D eigenvalue weighted by Gasteiger charge is -2.33. The molecule has 0 aromatic heterocycles. The molecule has 0 spiro atoms. The van der Waals surface area contributed by atoms with Crippen LogP contribution in [0.2, 0.25) is 0 Å². The third-order valence-corrected chi connectivity index (χ3v) is 3.50.